The highest BCUT2D eigenvalue weighted by atomic mass is 19.1. The second-order valence-corrected chi connectivity index (χ2v) is 4.35. The van der Waals surface area contributed by atoms with Crippen LogP contribution in [0.1, 0.15) is 5.56 Å². The zero-order chi connectivity index (χ0) is 12.5. The minimum absolute atomic E-state index is 0.241. The number of hydrogen-bond acceptors (Lipinski definition) is 2. The second-order valence-electron chi connectivity index (χ2n) is 4.35. The molecule has 3 heteroatoms. The van der Waals surface area contributed by atoms with Crippen LogP contribution in [0.2, 0.25) is 0 Å². The fourth-order valence-corrected chi connectivity index (χ4v) is 2.44. The molecular formula is C15H14FNO. The van der Waals surface area contributed by atoms with Crippen molar-refractivity contribution < 1.29 is 9.13 Å². The molecule has 1 N–H and O–H groups in total. The molecule has 0 radical (unpaired) electrons. The molecule has 0 atom stereocenters. The van der Waals surface area contributed by atoms with E-state index in [1.165, 1.54) is 11.6 Å². The maximum absolute atomic E-state index is 14.1. The van der Waals surface area contributed by atoms with E-state index in [4.69, 9.17) is 4.74 Å². The number of rotatable bonds is 2. The Morgan fingerprint density at radius 2 is 2.06 bits per heavy atom. The quantitative estimate of drug-likeness (QED) is 0.872. The van der Waals surface area contributed by atoms with E-state index in [0.29, 0.717) is 11.3 Å². The summed E-state index contributed by atoms with van der Waals surface area (Å²) in [5.74, 6) is 0.302. The highest BCUT2D eigenvalue weighted by Crippen LogP contribution is 2.35. The lowest BCUT2D eigenvalue weighted by Crippen LogP contribution is -1.91. The van der Waals surface area contributed by atoms with Gasteiger partial charge in [-0.3, -0.25) is 0 Å². The van der Waals surface area contributed by atoms with Gasteiger partial charge in [-0.05, 0) is 35.7 Å². The molecule has 2 aromatic rings. The van der Waals surface area contributed by atoms with Crippen molar-refractivity contribution in [1.29, 1.82) is 0 Å². The average Bonchev–Trinajstić information content (AvgIpc) is 2.87. The van der Waals surface area contributed by atoms with Crippen molar-refractivity contribution in [1.82, 2.24) is 0 Å². The summed E-state index contributed by atoms with van der Waals surface area (Å²) in [5, 5.41) is 3.31. The van der Waals surface area contributed by atoms with Gasteiger partial charge in [0.25, 0.3) is 0 Å². The predicted octanol–water partition coefficient (Wildman–Crippen LogP) is 3.47. The van der Waals surface area contributed by atoms with E-state index in [-0.39, 0.29) is 5.82 Å². The monoisotopic (exact) mass is 243 g/mol. The van der Waals surface area contributed by atoms with E-state index in [1.54, 1.807) is 19.2 Å². The normalized spacial score (nSPS) is 13.0. The van der Waals surface area contributed by atoms with Crippen molar-refractivity contribution in [3.63, 3.8) is 0 Å². The first-order chi connectivity index (χ1) is 8.79. The van der Waals surface area contributed by atoms with E-state index in [0.717, 1.165) is 24.2 Å². The second kappa shape index (κ2) is 4.33. The third kappa shape index (κ3) is 1.72. The Balaban J connectivity index is 2.13. The highest BCUT2D eigenvalue weighted by molar-refractivity contribution is 5.76. The molecule has 0 unspecified atom stereocenters. The Hall–Kier alpha value is -2.03. The minimum Gasteiger partial charge on any atom is -0.497 e. The van der Waals surface area contributed by atoms with Crippen LogP contribution in [0.5, 0.6) is 5.75 Å². The van der Waals surface area contributed by atoms with E-state index < -0.39 is 0 Å². The molecule has 0 saturated carbocycles. The van der Waals surface area contributed by atoms with Crippen molar-refractivity contribution in [2.75, 3.05) is 19.0 Å². The van der Waals surface area contributed by atoms with Crippen LogP contribution in [-0.2, 0) is 6.42 Å². The molecular weight excluding hydrogens is 229 g/mol. The zero-order valence-electron chi connectivity index (χ0n) is 10.2. The van der Waals surface area contributed by atoms with Crippen LogP contribution in [0, 0.1) is 5.82 Å². The Morgan fingerprint density at radius 3 is 2.83 bits per heavy atom. The molecule has 18 heavy (non-hydrogen) atoms. The molecule has 0 saturated heterocycles. The standard InChI is InChI=1S/C15H14FNO/c1-18-10-5-6-12(14(16)9-10)11-3-2-4-15-13(11)7-8-17-15/h2-6,9,17H,7-8H2,1H3. The average molecular weight is 243 g/mol. The molecule has 0 aromatic heterocycles. The molecule has 1 aliphatic rings. The van der Waals surface area contributed by atoms with Crippen LogP contribution in [0.4, 0.5) is 10.1 Å². The van der Waals surface area contributed by atoms with Crippen LogP contribution < -0.4 is 10.1 Å². The first-order valence-corrected chi connectivity index (χ1v) is 5.99. The lowest BCUT2D eigenvalue weighted by Gasteiger charge is -2.10. The summed E-state index contributed by atoms with van der Waals surface area (Å²) < 4.78 is 19.1. The van der Waals surface area contributed by atoms with Crippen LogP contribution >= 0.6 is 0 Å². The largest absolute Gasteiger partial charge is 0.497 e. The van der Waals surface area contributed by atoms with Crippen molar-refractivity contribution in [2.24, 2.45) is 0 Å². The number of methoxy groups -OCH3 is 1. The molecule has 2 aromatic carbocycles. The molecule has 1 aliphatic heterocycles. The van der Waals surface area contributed by atoms with Crippen LogP contribution in [0.25, 0.3) is 11.1 Å². The Morgan fingerprint density at radius 1 is 1.17 bits per heavy atom. The number of fused-ring (bicyclic) bond motifs is 1. The molecule has 0 spiro atoms. The SMILES string of the molecule is COc1ccc(-c2cccc3c2CCN3)c(F)c1. The van der Waals surface area contributed by atoms with Crippen LogP contribution in [0.15, 0.2) is 36.4 Å². The van der Waals surface area contributed by atoms with Crippen molar-refractivity contribution in [2.45, 2.75) is 6.42 Å². The fourth-order valence-electron chi connectivity index (χ4n) is 2.44. The summed E-state index contributed by atoms with van der Waals surface area (Å²) in [5.41, 5.74) is 3.92. The van der Waals surface area contributed by atoms with Crippen molar-refractivity contribution >= 4 is 5.69 Å². The van der Waals surface area contributed by atoms with Gasteiger partial charge >= 0.3 is 0 Å². The summed E-state index contributed by atoms with van der Waals surface area (Å²) >= 11 is 0. The van der Waals surface area contributed by atoms with Gasteiger partial charge in [0.15, 0.2) is 0 Å². The summed E-state index contributed by atoms with van der Waals surface area (Å²) in [7, 11) is 1.54. The van der Waals surface area contributed by atoms with Crippen molar-refractivity contribution in [3.8, 4) is 16.9 Å². The van der Waals surface area contributed by atoms with E-state index in [2.05, 4.69) is 5.32 Å². The topological polar surface area (TPSA) is 21.3 Å². The van der Waals surface area contributed by atoms with E-state index >= 15 is 0 Å². The lowest BCUT2D eigenvalue weighted by molar-refractivity contribution is 0.411. The number of hydrogen-bond donors (Lipinski definition) is 1. The van der Waals surface area contributed by atoms with E-state index in [9.17, 15) is 4.39 Å². The van der Waals surface area contributed by atoms with E-state index in [1.807, 2.05) is 18.2 Å². The fraction of sp³-hybridized carbons (Fsp3) is 0.200. The summed E-state index contributed by atoms with van der Waals surface area (Å²) in [6, 6.07) is 11.0. The van der Waals surface area contributed by atoms with Gasteiger partial charge in [0.05, 0.1) is 7.11 Å². The summed E-state index contributed by atoms with van der Waals surface area (Å²) in [6.45, 7) is 0.921. The Kier molecular flexibility index (Phi) is 2.67. The molecule has 0 fully saturated rings. The number of benzene rings is 2. The maximum atomic E-state index is 14.1. The van der Waals surface area contributed by atoms with Gasteiger partial charge in [0.1, 0.15) is 11.6 Å². The van der Waals surface area contributed by atoms with Crippen molar-refractivity contribution in [3.05, 3.63) is 47.8 Å². The third-order valence-electron chi connectivity index (χ3n) is 3.33. The zero-order valence-corrected chi connectivity index (χ0v) is 10.2. The van der Waals surface area contributed by atoms with Gasteiger partial charge in [-0.1, -0.05) is 12.1 Å². The third-order valence-corrected chi connectivity index (χ3v) is 3.33. The Labute approximate surface area is 105 Å². The molecule has 1 heterocycles. The van der Waals surface area contributed by atoms with Gasteiger partial charge in [-0.25, -0.2) is 4.39 Å². The van der Waals surface area contributed by atoms with Gasteiger partial charge in [-0.15, -0.1) is 0 Å². The predicted molar refractivity (Wildman–Crippen MR) is 70.6 cm³/mol. The molecule has 92 valence electrons. The summed E-state index contributed by atoms with van der Waals surface area (Å²) in [6.07, 6.45) is 0.941. The van der Waals surface area contributed by atoms with Gasteiger partial charge in [0, 0.05) is 23.9 Å². The maximum Gasteiger partial charge on any atom is 0.134 e. The first kappa shape index (κ1) is 11.1. The molecule has 3 rings (SSSR count). The number of halogens is 1. The Bertz CT molecular complexity index is 595. The van der Waals surface area contributed by atoms with Gasteiger partial charge in [-0.2, -0.15) is 0 Å². The lowest BCUT2D eigenvalue weighted by atomic mass is 9.97. The molecule has 0 aliphatic carbocycles. The molecule has 0 amide bonds. The summed E-state index contributed by atoms with van der Waals surface area (Å²) in [4.78, 5) is 0. The number of anilines is 1. The molecule has 0 bridgehead atoms. The first-order valence-electron chi connectivity index (χ1n) is 5.99. The number of nitrogens with one attached hydrogen (secondary N) is 1. The van der Waals surface area contributed by atoms with Gasteiger partial charge in [0.2, 0.25) is 0 Å². The van der Waals surface area contributed by atoms with Crippen LogP contribution in [0.3, 0.4) is 0 Å². The highest BCUT2D eigenvalue weighted by Gasteiger charge is 2.17. The van der Waals surface area contributed by atoms with Crippen LogP contribution in [-0.4, -0.2) is 13.7 Å². The number of ether oxygens (including phenoxy) is 1. The minimum atomic E-state index is -0.241. The van der Waals surface area contributed by atoms with Gasteiger partial charge < -0.3 is 10.1 Å². The smallest absolute Gasteiger partial charge is 0.134 e. The molecule has 2 nitrogen and oxygen atoms in total.